The largest absolute Gasteiger partial charge is 0.390 e. The predicted molar refractivity (Wildman–Crippen MR) is 67.7 cm³/mol. The fraction of sp³-hybridized carbons (Fsp3) is 0.769. The van der Waals surface area contributed by atoms with Crippen LogP contribution in [0.3, 0.4) is 0 Å². The Labute approximate surface area is 103 Å². The quantitative estimate of drug-likeness (QED) is 0.844. The summed E-state index contributed by atoms with van der Waals surface area (Å²) in [6.45, 7) is 4.75. The van der Waals surface area contributed by atoms with Gasteiger partial charge in [-0.25, -0.2) is 0 Å². The first kappa shape index (κ1) is 12.6. The zero-order valence-electron chi connectivity index (χ0n) is 10.6. The second-order valence-electron chi connectivity index (χ2n) is 4.93. The minimum atomic E-state index is -0.318. The summed E-state index contributed by atoms with van der Waals surface area (Å²) < 4.78 is 1.80. The highest BCUT2D eigenvalue weighted by Gasteiger charge is 2.22. The van der Waals surface area contributed by atoms with Crippen molar-refractivity contribution in [3.8, 4) is 0 Å². The van der Waals surface area contributed by atoms with Gasteiger partial charge in [0.15, 0.2) is 0 Å². The maximum Gasteiger partial charge on any atom is 0.0862 e. The molecule has 1 aromatic rings. The van der Waals surface area contributed by atoms with E-state index in [0.29, 0.717) is 12.6 Å². The Balaban J connectivity index is 1.82. The molecule has 0 saturated carbocycles. The molecule has 0 amide bonds. The van der Waals surface area contributed by atoms with Gasteiger partial charge in [-0.1, -0.05) is 13.3 Å². The zero-order chi connectivity index (χ0) is 12.1. The van der Waals surface area contributed by atoms with E-state index < -0.39 is 0 Å². The maximum absolute atomic E-state index is 10.1. The van der Waals surface area contributed by atoms with E-state index in [1.807, 2.05) is 12.3 Å². The molecule has 1 aliphatic rings. The van der Waals surface area contributed by atoms with E-state index in [4.69, 9.17) is 0 Å². The van der Waals surface area contributed by atoms with Crippen molar-refractivity contribution in [2.75, 3.05) is 13.1 Å². The number of β-amino-alcohol motifs (C(OH)–C–C–N with tert-alkyl or cyclic N) is 1. The number of rotatable bonds is 5. The van der Waals surface area contributed by atoms with Crippen LogP contribution in [0.5, 0.6) is 0 Å². The lowest BCUT2D eigenvalue weighted by molar-refractivity contribution is 0.0551. The predicted octanol–water partition coefficient (Wildman–Crippen LogP) is 1.51. The Morgan fingerprint density at radius 3 is 3.00 bits per heavy atom. The van der Waals surface area contributed by atoms with Crippen LogP contribution in [-0.4, -0.2) is 45.0 Å². The third kappa shape index (κ3) is 3.54. The van der Waals surface area contributed by atoms with Crippen molar-refractivity contribution in [3.63, 3.8) is 0 Å². The zero-order valence-corrected chi connectivity index (χ0v) is 10.6. The number of likely N-dealkylation sites (tertiary alicyclic amines) is 1. The summed E-state index contributed by atoms with van der Waals surface area (Å²) in [5.41, 5.74) is 0. The van der Waals surface area contributed by atoms with Gasteiger partial charge in [-0.2, -0.15) is 5.10 Å². The van der Waals surface area contributed by atoms with Crippen LogP contribution in [-0.2, 0) is 6.54 Å². The van der Waals surface area contributed by atoms with Crippen LogP contribution in [0.1, 0.15) is 32.6 Å². The Morgan fingerprint density at radius 2 is 2.29 bits per heavy atom. The molecule has 1 fully saturated rings. The molecule has 2 rings (SSSR count). The van der Waals surface area contributed by atoms with Crippen molar-refractivity contribution >= 4 is 0 Å². The molecule has 2 atom stereocenters. The Morgan fingerprint density at radius 1 is 1.41 bits per heavy atom. The van der Waals surface area contributed by atoms with E-state index in [0.717, 1.165) is 13.1 Å². The van der Waals surface area contributed by atoms with Crippen LogP contribution in [0.25, 0.3) is 0 Å². The third-order valence-electron chi connectivity index (χ3n) is 3.62. The van der Waals surface area contributed by atoms with Gasteiger partial charge in [0.2, 0.25) is 0 Å². The highest BCUT2D eigenvalue weighted by molar-refractivity contribution is 4.81. The summed E-state index contributed by atoms with van der Waals surface area (Å²) >= 11 is 0. The second-order valence-corrected chi connectivity index (χ2v) is 4.93. The van der Waals surface area contributed by atoms with Crippen LogP contribution in [0, 0.1) is 0 Å². The molecule has 96 valence electrons. The van der Waals surface area contributed by atoms with Gasteiger partial charge in [0, 0.05) is 25.0 Å². The number of aliphatic hydroxyl groups excluding tert-OH is 1. The lowest BCUT2D eigenvalue weighted by Gasteiger charge is -2.36. The smallest absolute Gasteiger partial charge is 0.0862 e. The molecule has 17 heavy (non-hydrogen) atoms. The molecule has 2 unspecified atom stereocenters. The van der Waals surface area contributed by atoms with E-state index in [1.165, 1.54) is 25.7 Å². The minimum Gasteiger partial charge on any atom is -0.390 e. The van der Waals surface area contributed by atoms with Crippen molar-refractivity contribution in [2.45, 2.75) is 51.3 Å². The fourth-order valence-corrected chi connectivity index (χ4v) is 2.72. The molecule has 0 aromatic carbocycles. The highest BCUT2D eigenvalue weighted by Crippen LogP contribution is 2.19. The number of hydrogen-bond acceptors (Lipinski definition) is 3. The number of aromatic nitrogens is 2. The molecule has 1 aromatic heterocycles. The molecular weight excluding hydrogens is 214 g/mol. The van der Waals surface area contributed by atoms with Crippen LogP contribution >= 0.6 is 0 Å². The van der Waals surface area contributed by atoms with E-state index >= 15 is 0 Å². The number of aliphatic hydroxyl groups is 1. The van der Waals surface area contributed by atoms with Crippen molar-refractivity contribution < 1.29 is 5.11 Å². The van der Waals surface area contributed by atoms with Gasteiger partial charge in [0.05, 0.1) is 12.6 Å². The summed E-state index contributed by atoms with van der Waals surface area (Å²) in [4.78, 5) is 2.44. The van der Waals surface area contributed by atoms with Gasteiger partial charge in [0.25, 0.3) is 0 Å². The minimum absolute atomic E-state index is 0.318. The molecule has 0 radical (unpaired) electrons. The van der Waals surface area contributed by atoms with Crippen molar-refractivity contribution in [3.05, 3.63) is 18.5 Å². The molecule has 2 heterocycles. The van der Waals surface area contributed by atoms with Crippen LogP contribution < -0.4 is 0 Å². The monoisotopic (exact) mass is 237 g/mol. The first-order chi connectivity index (χ1) is 8.29. The summed E-state index contributed by atoms with van der Waals surface area (Å²) in [5, 5.41) is 14.2. The van der Waals surface area contributed by atoms with Gasteiger partial charge in [-0.15, -0.1) is 0 Å². The van der Waals surface area contributed by atoms with Crippen molar-refractivity contribution in [1.29, 1.82) is 0 Å². The summed E-state index contributed by atoms with van der Waals surface area (Å²) in [6.07, 6.45) is 8.41. The van der Waals surface area contributed by atoms with E-state index in [2.05, 4.69) is 16.9 Å². The van der Waals surface area contributed by atoms with Gasteiger partial charge < -0.3 is 5.11 Å². The summed E-state index contributed by atoms with van der Waals surface area (Å²) in [6, 6.07) is 2.55. The standard InChI is InChI=1S/C13H23N3O/c1-2-12-6-3-4-8-15(12)10-13(17)11-16-9-5-7-14-16/h5,7,9,12-13,17H,2-4,6,8,10-11H2,1H3. The van der Waals surface area contributed by atoms with Crippen molar-refractivity contribution in [2.24, 2.45) is 0 Å². The molecule has 1 N–H and O–H groups in total. The number of hydrogen-bond donors (Lipinski definition) is 1. The van der Waals surface area contributed by atoms with E-state index in [9.17, 15) is 5.11 Å². The average Bonchev–Trinajstić information content (AvgIpc) is 2.82. The Hall–Kier alpha value is -0.870. The molecule has 1 saturated heterocycles. The van der Waals surface area contributed by atoms with Crippen LogP contribution in [0.2, 0.25) is 0 Å². The van der Waals surface area contributed by atoms with Crippen LogP contribution in [0.4, 0.5) is 0 Å². The first-order valence-electron chi connectivity index (χ1n) is 6.69. The van der Waals surface area contributed by atoms with Gasteiger partial charge >= 0.3 is 0 Å². The number of piperidine rings is 1. The van der Waals surface area contributed by atoms with E-state index in [1.54, 1.807) is 10.9 Å². The average molecular weight is 237 g/mol. The highest BCUT2D eigenvalue weighted by atomic mass is 16.3. The lowest BCUT2D eigenvalue weighted by atomic mass is 9.99. The van der Waals surface area contributed by atoms with Gasteiger partial charge in [-0.3, -0.25) is 9.58 Å². The van der Waals surface area contributed by atoms with Crippen LogP contribution in [0.15, 0.2) is 18.5 Å². The fourth-order valence-electron chi connectivity index (χ4n) is 2.72. The number of nitrogens with zero attached hydrogens (tertiary/aromatic N) is 3. The topological polar surface area (TPSA) is 41.3 Å². The third-order valence-corrected chi connectivity index (χ3v) is 3.62. The SMILES string of the molecule is CCC1CCCCN1CC(O)Cn1cccn1. The Bertz CT molecular complexity index is 312. The van der Waals surface area contributed by atoms with Crippen molar-refractivity contribution in [1.82, 2.24) is 14.7 Å². The Kier molecular flexibility index (Phi) is 4.57. The van der Waals surface area contributed by atoms with Gasteiger partial charge in [-0.05, 0) is 31.9 Å². The normalized spacial score (nSPS) is 23.8. The maximum atomic E-state index is 10.1. The molecule has 1 aliphatic heterocycles. The molecular formula is C13H23N3O. The summed E-state index contributed by atoms with van der Waals surface area (Å²) in [7, 11) is 0. The summed E-state index contributed by atoms with van der Waals surface area (Å²) in [5.74, 6) is 0. The first-order valence-corrected chi connectivity index (χ1v) is 6.69. The molecule has 0 spiro atoms. The second kappa shape index (κ2) is 6.17. The van der Waals surface area contributed by atoms with Gasteiger partial charge in [0.1, 0.15) is 0 Å². The molecule has 4 heteroatoms. The van der Waals surface area contributed by atoms with E-state index in [-0.39, 0.29) is 6.10 Å². The molecule has 4 nitrogen and oxygen atoms in total. The molecule has 0 bridgehead atoms. The lowest BCUT2D eigenvalue weighted by Crippen LogP contribution is -2.44. The molecule has 0 aliphatic carbocycles.